The van der Waals surface area contributed by atoms with E-state index in [2.05, 4.69) is 15.1 Å². The van der Waals surface area contributed by atoms with Crippen LogP contribution in [-0.4, -0.2) is 47.2 Å². The molecule has 1 unspecified atom stereocenters. The Morgan fingerprint density at radius 1 is 1.26 bits per heavy atom. The highest BCUT2D eigenvalue weighted by molar-refractivity contribution is 5.89. The van der Waals surface area contributed by atoms with E-state index in [9.17, 15) is 15.0 Å². The highest BCUT2D eigenvalue weighted by Gasteiger charge is 2.24. The number of carbonyl (C=O) groups is 1. The van der Waals surface area contributed by atoms with Crippen LogP contribution in [0.15, 0.2) is 42.6 Å². The number of fused-ring (bicyclic) bond motifs is 1. The number of aromatic nitrogens is 4. The van der Waals surface area contributed by atoms with Crippen molar-refractivity contribution in [3.8, 4) is 0 Å². The minimum Gasteiger partial charge on any atom is -0.478 e. The van der Waals surface area contributed by atoms with Crippen molar-refractivity contribution in [3.63, 3.8) is 0 Å². The van der Waals surface area contributed by atoms with E-state index in [0.29, 0.717) is 36.6 Å². The lowest BCUT2D eigenvalue weighted by molar-refractivity contribution is 0.0694. The largest absolute Gasteiger partial charge is 0.478 e. The number of aliphatic hydroxyl groups is 1. The summed E-state index contributed by atoms with van der Waals surface area (Å²) in [6.45, 7) is 2.68. The number of nitrogens with zero attached hydrogens (tertiary/aromatic N) is 5. The molecule has 1 atom stereocenters. The maximum absolute atomic E-state index is 11.4. The molecule has 3 heterocycles. The standard InChI is InChI=1S/C19H21N5O3/c1-22-17(6-7-20-22)18(25)16-10-14-12-23(8-9-24(14)21-16)11-13-4-2-3-5-15(13)19(26)27/h2-7,10,18,25H,8-9,11-12H2,1H3,(H,26,27). The maximum atomic E-state index is 11.4. The highest BCUT2D eigenvalue weighted by atomic mass is 16.4. The molecule has 1 aliphatic rings. The molecule has 0 radical (unpaired) electrons. The van der Waals surface area contributed by atoms with Gasteiger partial charge in [-0.05, 0) is 23.8 Å². The number of benzene rings is 1. The van der Waals surface area contributed by atoms with E-state index in [1.165, 1.54) is 0 Å². The Kier molecular flexibility index (Phi) is 4.51. The van der Waals surface area contributed by atoms with Crippen LogP contribution in [0.5, 0.6) is 0 Å². The number of aromatic carboxylic acids is 1. The molecule has 2 aromatic heterocycles. The van der Waals surface area contributed by atoms with Gasteiger partial charge in [-0.25, -0.2) is 4.79 Å². The Hall–Kier alpha value is -2.97. The number of hydrogen-bond donors (Lipinski definition) is 2. The molecule has 8 nitrogen and oxygen atoms in total. The van der Waals surface area contributed by atoms with E-state index in [1.807, 2.05) is 22.9 Å². The molecule has 0 amide bonds. The molecule has 0 bridgehead atoms. The molecule has 8 heteroatoms. The predicted octanol–water partition coefficient (Wildman–Crippen LogP) is 1.41. The Bertz CT molecular complexity index is 977. The first kappa shape index (κ1) is 17.4. The minimum atomic E-state index is -0.908. The third-order valence-corrected chi connectivity index (χ3v) is 4.96. The third-order valence-electron chi connectivity index (χ3n) is 4.96. The van der Waals surface area contributed by atoms with Crippen LogP contribution >= 0.6 is 0 Å². The Morgan fingerprint density at radius 3 is 2.81 bits per heavy atom. The molecule has 0 spiro atoms. The zero-order valence-electron chi connectivity index (χ0n) is 15.0. The second-order valence-electron chi connectivity index (χ2n) is 6.74. The minimum absolute atomic E-state index is 0.337. The molecular formula is C19H21N5O3. The molecular weight excluding hydrogens is 346 g/mol. The summed E-state index contributed by atoms with van der Waals surface area (Å²) in [7, 11) is 1.79. The van der Waals surface area contributed by atoms with Crippen molar-refractivity contribution in [2.45, 2.75) is 25.7 Å². The molecule has 0 fully saturated rings. The fourth-order valence-electron chi connectivity index (χ4n) is 3.52. The zero-order chi connectivity index (χ0) is 19.0. The second kappa shape index (κ2) is 6.98. The van der Waals surface area contributed by atoms with Crippen LogP contribution < -0.4 is 0 Å². The lowest BCUT2D eigenvalue weighted by Crippen LogP contribution is -2.33. The van der Waals surface area contributed by atoms with Crippen molar-refractivity contribution in [1.29, 1.82) is 0 Å². The fraction of sp³-hybridized carbons (Fsp3) is 0.316. The number of rotatable bonds is 5. The van der Waals surface area contributed by atoms with Gasteiger partial charge < -0.3 is 10.2 Å². The fourth-order valence-corrected chi connectivity index (χ4v) is 3.52. The van der Waals surface area contributed by atoms with Gasteiger partial charge in [-0.2, -0.15) is 10.2 Å². The van der Waals surface area contributed by atoms with E-state index >= 15 is 0 Å². The van der Waals surface area contributed by atoms with Gasteiger partial charge in [0.15, 0.2) is 0 Å². The summed E-state index contributed by atoms with van der Waals surface area (Å²) in [5.41, 5.74) is 3.43. The van der Waals surface area contributed by atoms with E-state index in [0.717, 1.165) is 17.8 Å². The number of aliphatic hydroxyl groups excluding tert-OH is 1. The molecule has 0 aliphatic carbocycles. The van der Waals surface area contributed by atoms with Gasteiger partial charge in [0.2, 0.25) is 0 Å². The van der Waals surface area contributed by atoms with Crippen LogP contribution in [0.4, 0.5) is 0 Å². The van der Waals surface area contributed by atoms with Crippen LogP contribution in [0.2, 0.25) is 0 Å². The average Bonchev–Trinajstić information content (AvgIpc) is 3.27. The first-order valence-corrected chi connectivity index (χ1v) is 8.79. The molecule has 140 valence electrons. The van der Waals surface area contributed by atoms with Crippen LogP contribution in [0.25, 0.3) is 0 Å². The third kappa shape index (κ3) is 3.36. The van der Waals surface area contributed by atoms with E-state index in [4.69, 9.17) is 0 Å². The molecule has 1 aromatic carbocycles. The summed E-state index contributed by atoms with van der Waals surface area (Å²) >= 11 is 0. The van der Waals surface area contributed by atoms with Gasteiger partial charge in [0.1, 0.15) is 6.10 Å². The lowest BCUT2D eigenvalue weighted by Gasteiger charge is -2.27. The van der Waals surface area contributed by atoms with E-state index in [1.54, 1.807) is 36.1 Å². The second-order valence-corrected chi connectivity index (χ2v) is 6.74. The Balaban J connectivity index is 1.52. The molecule has 27 heavy (non-hydrogen) atoms. The Labute approximate surface area is 156 Å². The topological polar surface area (TPSA) is 96.4 Å². The predicted molar refractivity (Wildman–Crippen MR) is 97.0 cm³/mol. The number of carboxylic acid groups (broad SMARTS) is 1. The van der Waals surface area contributed by atoms with Gasteiger partial charge in [-0.1, -0.05) is 18.2 Å². The van der Waals surface area contributed by atoms with Gasteiger partial charge in [0.25, 0.3) is 0 Å². The summed E-state index contributed by atoms with van der Waals surface area (Å²) in [5.74, 6) is -0.908. The van der Waals surface area contributed by atoms with Crippen LogP contribution in [0, 0.1) is 0 Å². The van der Waals surface area contributed by atoms with Gasteiger partial charge in [0, 0.05) is 32.9 Å². The van der Waals surface area contributed by atoms with Crippen molar-refractivity contribution in [1.82, 2.24) is 24.5 Å². The van der Waals surface area contributed by atoms with Crippen molar-refractivity contribution < 1.29 is 15.0 Å². The summed E-state index contributed by atoms with van der Waals surface area (Å²) < 4.78 is 3.55. The lowest BCUT2D eigenvalue weighted by atomic mass is 10.1. The Morgan fingerprint density at radius 2 is 2.07 bits per heavy atom. The van der Waals surface area contributed by atoms with Crippen LogP contribution in [0.1, 0.15) is 39.1 Å². The normalized spacial score (nSPS) is 15.5. The first-order valence-electron chi connectivity index (χ1n) is 8.79. The van der Waals surface area contributed by atoms with Crippen LogP contribution in [0.3, 0.4) is 0 Å². The quantitative estimate of drug-likeness (QED) is 0.708. The van der Waals surface area contributed by atoms with Crippen molar-refractivity contribution >= 4 is 5.97 Å². The molecule has 0 saturated heterocycles. The first-order chi connectivity index (χ1) is 13.0. The summed E-state index contributed by atoms with van der Waals surface area (Å²) in [6, 6.07) is 10.8. The van der Waals surface area contributed by atoms with Gasteiger partial charge in [-0.3, -0.25) is 14.3 Å². The molecule has 0 saturated carbocycles. The van der Waals surface area contributed by atoms with Crippen molar-refractivity contribution in [3.05, 3.63) is 70.8 Å². The van der Waals surface area contributed by atoms with E-state index < -0.39 is 12.1 Å². The molecule has 3 aromatic rings. The number of aryl methyl sites for hydroxylation is 1. The van der Waals surface area contributed by atoms with Crippen molar-refractivity contribution in [2.75, 3.05) is 6.54 Å². The van der Waals surface area contributed by atoms with Gasteiger partial charge in [0.05, 0.1) is 29.2 Å². The zero-order valence-corrected chi connectivity index (χ0v) is 15.0. The highest BCUT2D eigenvalue weighted by Crippen LogP contribution is 2.24. The summed E-state index contributed by atoms with van der Waals surface area (Å²) in [6.07, 6.45) is 0.827. The van der Waals surface area contributed by atoms with Crippen molar-refractivity contribution in [2.24, 2.45) is 7.05 Å². The van der Waals surface area contributed by atoms with E-state index in [-0.39, 0.29) is 0 Å². The smallest absolute Gasteiger partial charge is 0.336 e. The van der Waals surface area contributed by atoms with Gasteiger partial charge in [-0.15, -0.1) is 0 Å². The SMILES string of the molecule is Cn1nccc1C(O)c1cc2n(n1)CCN(Cc1ccccc1C(=O)O)C2. The maximum Gasteiger partial charge on any atom is 0.336 e. The van der Waals surface area contributed by atoms with Gasteiger partial charge >= 0.3 is 5.97 Å². The summed E-state index contributed by atoms with van der Waals surface area (Å²) in [4.78, 5) is 13.6. The average molecular weight is 367 g/mol. The van der Waals surface area contributed by atoms with Crippen LogP contribution in [-0.2, 0) is 26.7 Å². The molecule has 1 aliphatic heterocycles. The number of hydrogen-bond acceptors (Lipinski definition) is 5. The monoisotopic (exact) mass is 367 g/mol. The molecule has 4 rings (SSSR count). The number of carboxylic acids is 1. The summed E-state index contributed by atoms with van der Waals surface area (Å²) in [5, 5.41) is 28.6. The molecule has 2 N–H and O–H groups in total.